The van der Waals surface area contributed by atoms with E-state index < -0.39 is 5.60 Å². The molecular formula is C16H17N3OS. The van der Waals surface area contributed by atoms with Crippen molar-refractivity contribution in [3.8, 4) is 10.7 Å². The SMILES string of the molecule is NCC(O)(Cn1ccnc1-c1cccs1)c1ccccc1. The van der Waals surface area contributed by atoms with Gasteiger partial charge >= 0.3 is 0 Å². The molecule has 2 aromatic heterocycles. The topological polar surface area (TPSA) is 64.1 Å². The van der Waals surface area contributed by atoms with Gasteiger partial charge in [0.15, 0.2) is 0 Å². The number of nitrogens with zero attached hydrogens (tertiary/aromatic N) is 2. The van der Waals surface area contributed by atoms with Crippen LogP contribution in [0.15, 0.2) is 60.2 Å². The number of benzene rings is 1. The van der Waals surface area contributed by atoms with Crippen molar-refractivity contribution in [1.82, 2.24) is 9.55 Å². The summed E-state index contributed by atoms with van der Waals surface area (Å²) in [6.07, 6.45) is 3.62. The Morgan fingerprint density at radius 3 is 2.67 bits per heavy atom. The number of hydrogen-bond acceptors (Lipinski definition) is 4. The van der Waals surface area contributed by atoms with Gasteiger partial charge in [-0.1, -0.05) is 36.4 Å². The zero-order valence-corrected chi connectivity index (χ0v) is 12.3. The second kappa shape index (κ2) is 5.81. The molecule has 0 aliphatic rings. The maximum Gasteiger partial charge on any atom is 0.150 e. The van der Waals surface area contributed by atoms with E-state index in [1.54, 1.807) is 17.5 Å². The van der Waals surface area contributed by atoms with Crippen LogP contribution in [0, 0.1) is 0 Å². The standard InChI is InChI=1S/C16H17N3OS/c17-11-16(20,13-5-2-1-3-6-13)12-19-9-8-18-15(19)14-7-4-10-21-14/h1-10,20H,11-12,17H2. The summed E-state index contributed by atoms with van der Waals surface area (Å²) in [6.45, 7) is 0.528. The van der Waals surface area contributed by atoms with Gasteiger partial charge in [0.2, 0.25) is 0 Å². The van der Waals surface area contributed by atoms with Crippen LogP contribution in [0.4, 0.5) is 0 Å². The van der Waals surface area contributed by atoms with Crippen molar-refractivity contribution in [2.45, 2.75) is 12.1 Å². The smallest absolute Gasteiger partial charge is 0.150 e. The Hall–Kier alpha value is -1.95. The molecule has 0 amide bonds. The van der Waals surface area contributed by atoms with Gasteiger partial charge in [-0.2, -0.15) is 0 Å². The molecule has 3 N–H and O–H groups in total. The second-order valence-corrected chi connectivity index (χ2v) is 5.91. The summed E-state index contributed by atoms with van der Waals surface area (Å²) in [6, 6.07) is 13.5. The molecule has 2 heterocycles. The Labute approximate surface area is 127 Å². The Balaban J connectivity index is 1.94. The average molecular weight is 299 g/mol. The van der Waals surface area contributed by atoms with Gasteiger partial charge in [-0.25, -0.2) is 4.98 Å². The van der Waals surface area contributed by atoms with Crippen LogP contribution < -0.4 is 5.73 Å². The fourth-order valence-electron chi connectivity index (χ4n) is 2.37. The summed E-state index contributed by atoms with van der Waals surface area (Å²) in [5.74, 6) is 0.854. The number of nitrogens with two attached hydrogens (primary N) is 1. The van der Waals surface area contributed by atoms with Gasteiger partial charge in [-0.05, 0) is 17.0 Å². The molecule has 0 saturated carbocycles. The first-order valence-electron chi connectivity index (χ1n) is 6.76. The highest BCUT2D eigenvalue weighted by atomic mass is 32.1. The molecule has 3 aromatic rings. The molecule has 0 aliphatic heterocycles. The molecule has 0 aliphatic carbocycles. The number of imidazole rings is 1. The van der Waals surface area contributed by atoms with Gasteiger partial charge in [-0.15, -0.1) is 11.3 Å². The molecule has 21 heavy (non-hydrogen) atoms. The van der Waals surface area contributed by atoms with Crippen LogP contribution in [-0.2, 0) is 12.1 Å². The highest BCUT2D eigenvalue weighted by molar-refractivity contribution is 7.13. The average Bonchev–Trinajstić information content (AvgIpc) is 3.18. The predicted octanol–water partition coefficient (Wildman–Crippen LogP) is 2.46. The molecule has 0 radical (unpaired) electrons. The van der Waals surface area contributed by atoms with Crippen LogP contribution in [0.2, 0.25) is 0 Å². The summed E-state index contributed by atoms with van der Waals surface area (Å²) < 4.78 is 1.95. The van der Waals surface area contributed by atoms with Gasteiger partial charge < -0.3 is 15.4 Å². The van der Waals surface area contributed by atoms with E-state index in [1.807, 2.05) is 58.6 Å². The van der Waals surface area contributed by atoms with Crippen molar-refractivity contribution in [2.75, 3.05) is 6.54 Å². The number of rotatable bonds is 5. The van der Waals surface area contributed by atoms with E-state index in [4.69, 9.17) is 5.73 Å². The quantitative estimate of drug-likeness (QED) is 0.760. The Morgan fingerprint density at radius 2 is 2.00 bits per heavy atom. The number of aromatic nitrogens is 2. The summed E-state index contributed by atoms with van der Waals surface area (Å²) in [5.41, 5.74) is 5.56. The van der Waals surface area contributed by atoms with E-state index in [2.05, 4.69) is 4.98 Å². The minimum absolute atomic E-state index is 0.152. The first-order chi connectivity index (χ1) is 10.2. The lowest BCUT2D eigenvalue weighted by Crippen LogP contribution is -2.39. The molecule has 0 spiro atoms. The van der Waals surface area contributed by atoms with Gasteiger partial charge in [0.05, 0.1) is 11.4 Å². The minimum Gasteiger partial charge on any atom is -0.382 e. The number of hydrogen-bond donors (Lipinski definition) is 2. The summed E-state index contributed by atoms with van der Waals surface area (Å²) in [7, 11) is 0. The minimum atomic E-state index is -1.10. The molecule has 108 valence electrons. The van der Waals surface area contributed by atoms with Crippen LogP contribution in [0.3, 0.4) is 0 Å². The largest absolute Gasteiger partial charge is 0.382 e. The van der Waals surface area contributed by atoms with Gasteiger partial charge in [0.1, 0.15) is 11.4 Å². The molecule has 1 atom stereocenters. The van der Waals surface area contributed by atoms with E-state index >= 15 is 0 Å². The third-order valence-electron chi connectivity index (χ3n) is 3.54. The van der Waals surface area contributed by atoms with Gasteiger partial charge in [-0.3, -0.25) is 0 Å². The molecular weight excluding hydrogens is 282 g/mol. The lowest BCUT2D eigenvalue weighted by Gasteiger charge is -2.28. The molecule has 1 unspecified atom stereocenters. The van der Waals surface area contributed by atoms with Gasteiger partial charge in [0, 0.05) is 18.9 Å². The van der Waals surface area contributed by atoms with Crippen LogP contribution in [0.25, 0.3) is 10.7 Å². The van der Waals surface area contributed by atoms with Crippen molar-refractivity contribution in [3.05, 3.63) is 65.8 Å². The fourth-order valence-corrected chi connectivity index (χ4v) is 3.11. The van der Waals surface area contributed by atoms with Crippen molar-refractivity contribution >= 4 is 11.3 Å². The lowest BCUT2D eigenvalue weighted by atomic mass is 9.94. The highest BCUT2D eigenvalue weighted by Gasteiger charge is 2.29. The number of aliphatic hydroxyl groups is 1. The monoisotopic (exact) mass is 299 g/mol. The Morgan fingerprint density at radius 1 is 1.19 bits per heavy atom. The molecule has 1 aromatic carbocycles. The van der Waals surface area contributed by atoms with E-state index in [-0.39, 0.29) is 6.54 Å². The molecule has 4 nitrogen and oxygen atoms in total. The van der Waals surface area contributed by atoms with Crippen LogP contribution >= 0.6 is 11.3 Å². The third-order valence-corrected chi connectivity index (χ3v) is 4.40. The van der Waals surface area contributed by atoms with E-state index in [1.165, 1.54) is 0 Å². The van der Waals surface area contributed by atoms with Crippen molar-refractivity contribution in [2.24, 2.45) is 5.73 Å². The van der Waals surface area contributed by atoms with Crippen molar-refractivity contribution in [3.63, 3.8) is 0 Å². The second-order valence-electron chi connectivity index (χ2n) is 4.96. The van der Waals surface area contributed by atoms with Gasteiger partial charge in [0.25, 0.3) is 0 Å². The van der Waals surface area contributed by atoms with E-state index in [0.717, 1.165) is 16.3 Å². The summed E-state index contributed by atoms with van der Waals surface area (Å²) in [5, 5.41) is 12.9. The first kappa shape index (κ1) is 14.0. The molecule has 0 fully saturated rings. The first-order valence-corrected chi connectivity index (χ1v) is 7.64. The zero-order valence-electron chi connectivity index (χ0n) is 11.5. The fraction of sp³-hybridized carbons (Fsp3) is 0.188. The Kier molecular flexibility index (Phi) is 3.88. The zero-order chi connectivity index (χ0) is 14.7. The molecule has 0 saturated heterocycles. The molecule has 5 heteroatoms. The maximum atomic E-state index is 10.9. The van der Waals surface area contributed by atoms with E-state index in [0.29, 0.717) is 6.54 Å². The summed E-state index contributed by atoms with van der Waals surface area (Å²) in [4.78, 5) is 5.47. The van der Waals surface area contributed by atoms with Crippen LogP contribution in [-0.4, -0.2) is 21.2 Å². The van der Waals surface area contributed by atoms with Crippen molar-refractivity contribution < 1.29 is 5.11 Å². The molecule has 0 bridgehead atoms. The lowest BCUT2D eigenvalue weighted by molar-refractivity contribution is 0.0279. The normalized spacial score (nSPS) is 14.0. The van der Waals surface area contributed by atoms with Crippen LogP contribution in [0.1, 0.15) is 5.56 Å². The number of thiophene rings is 1. The van der Waals surface area contributed by atoms with E-state index in [9.17, 15) is 5.11 Å². The third kappa shape index (κ3) is 2.76. The molecule has 3 rings (SSSR count). The predicted molar refractivity (Wildman–Crippen MR) is 84.9 cm³/mol. The Bertz CT molecular complexity index is 693. The van der Waals surface area contributed by atoms with Crippen molar-refractivity contribution in [1.29, 1.82) is 0 Å². The summed E-state index contributed by atoms with van der Waals surface area (Å²) >= 11 is 1.63. The highest BCUT2D eigenvalue weighted by Crippen LogP contribution is 2.27. The van der Waals surface area contributed by atoms with Crippen LogP contribution in [0.5, 0.6) is 0 Å². The maximum absolute atomic E-state index is 10.9.